The highest BCUT2D eigenvalue weighted by molar-refractivity contribution is 6.25. The lowest BCUT2D eigenvalue weighted by atomic mass is 9.99. The summed E-state index contributed by atoms with van der Waals surface area (Å²) in [7, 11) is 0. The maximum atomic E-state index is 6.64. The molecule has 2 heteroatoms. The molecule has 0 radical (unpaired) electrons. The fourth-order valence-corrected chi connectivity index (χ4v) is 5.83. The van der Waals surface area contributed by atoms with Crippen LogP contribution in [0.5, 0.6) is 0 Å². The molecule has 0 amide bonds. The molecule has 0 N–H and O–H groups in total. The van der Waals surface area contributed by atoms with Gasteiger partial charge in [0.05, 0.1) is 0 Å². The smallest absolute Gasteiger partial charge is 0.143 e. The van der Waals surface area contributed by atoms with E-state index in [4.69, 9.17) is 4.42 Å². The minimum Gasteiger partial charge on any atom is -0.455 e. The topological polar surface area (TPSA) is 16.4 Å². The highest BCUT2D eigenvalue weighted by atomic mass is 16.3. The molecular formula is C34H21NO. The van der Waals surface area contributed by atoms with Gasteiger partial charge in [-0.1, -0.05) is 78.9 Å². The van der Waals surface area contributed by atoms with E-state index in [9.17, 15) is 0 Å². The minimum atomic E-state index is 0.900. The molecule has 0 atom stereocenters. The molecule has 1 aromatic heterocycles. The van der Waals surface area contributed by atoms with Crippen LogP contribution >= 0.6 is 0 Å². The van der Waals surface area contributed by atoms with Gasteiger partial charge < -0.3 is 9.32 Å². The second-order valence-electron chi connectivity index (χ2n) is 9.36. The lowest BCUT2D eigenvalue weighted by Gasteiger charge is -2.25. The highest BCUT2D eigenvalue weighted by Crippen LogP contribution is 2.50. The van der Waals surface area contributed by atoms with Crippen molar-refractivity contribution in [1.29, 1.82) is 0 Å². The maximum Gasteiger partial charge on any atom is 0.143 e. The van der Waals surface area contributed by atoms with Gasteiger partial charge in [0.25, 0.3) is 0 Å². The highest BCUT2D eigenvalue weighted by Gasteiger charge is 2.24. The average molecular weight is 460 g/mol. The van der Waals surface area contributed by atoms with Gasteiger partial charge in [0.15, 0.2) is 0 Å². The van der Waals surface area contributed by atoms with Gasteiger partial charge in [0.1, 0.15) is 11.2 Å². The standard InChI is InChI=1S/C34H21NO/c1-3-10-22(11-4-1)35(23-12-5-2-6-13-23)24-18-19-27-31-21-30-26-15-8-7-14-25(26)28-16-9-17-29(33(28)30)34(31)36-32(27)20-24/h1-21H. The number of fused-ring (bicyclic) bond motifs is 7. The normalized spacial score (nSPS) is 11.9. The van der Waals surface area contributed by atoms with Crippen molar-refractivity contribution in [2.75, 3.05) is 4.90 Å². The zero-order chi connectivity index (χ0) is 23.6. The van der Waals surface area contributed by atoms with Crippen LogP contribution in [-0.2, 0) is 0 Å². The van der Waals surface area contributed by atoms with Crippen molar-refractivity contribution in [3.8, 4) is 22.3 Å². The zero-order valence-electron chi connectivity index (χ0n) is 19.5. The van der Waals surface area contributed by atoms with Gasteiger partial charge in [-0.05, 0) is 64.7 Å². The summed E-state index contributed by atoms with van der Waals surface area (Å²) in [5, 5.41) is 4.78. The molecule has 0 fully saturated rings. The van der Waals surface area contributed by atoms with Crippen LogP contribution < -0.4 is 4.90 Å². The molecule has 2 nitrogen and oxygen atoms in total. The SMILES string of the molecule is c1ccc(N(c2ccccc2)c2ccc3c(c2)oc2c4cccc5c4c(cc32)-c2ccccc2-5)cc1. The molecule has 0 saturated heterocycles. The number of anilines is 3. The summed E-state index contributed by atoms with van der Waals surface area (Å²) in [5.41, 5.74) is 10.4. The number of nitrogens with zero attached hydrogens (tertiary/aromatic N) is 1. The van der Waals surface area contributed by atoms with Gasteiger partial charge in [-0.2, -0.15) is 0 Å². The van der Waals surface area contributed by atoms with Crippen molar-refractivity contribution in [1.82, 2.24) is 0 Å². The Balaban J connectivity index is 1.39. The Kier molecular flexibility index (Phi) is 3.97. The molecule has 1 heterocycles. The van der Waals surface area contributed by atoms with Gasteiger partial charge in [-0.25, -0.2) is 0 Å². The Labute approximate surface area is 208 Å². The predicted octanol–water partition coefficient (Wildman–Crippen LogP) is 9.86. The Morgan fingerprint density at radius 2 is 1.06 bits per heavy atom. The molecule has 36 heavy (non-hydrogen) atoms. The third-order valence-corrected chi connectivity index (χ3v) is 7.37. The lowest BCUT2D eigenvalue weighted by molar-refractivity contribution is 0.673. The molecular weight excluding hydrogens is 438 g/mol. The number of hydrogen-bond acceptors (Lipinski definition) is 2. The number of benzene rings is 6. The Bertz CT molecular complexity index is 1890. The zero-order valence-corrected chi connectivity index (χ0v) is 19.5. The first-order valence-corrected chi connectivity index (χ1v) is 12.3. The van der Waals surface area contributed by atoms with Gasteiger partial charge in [0.2, 0.25) is 0 Å². The van der Waals surface area contributed by atoms with Crippen molar-refractivity contribution >= 4 is 49.8 Å². The monoisotopic (exact) mass is 459 g/mol. The van der Waals surface area contributed by atoms with E-state index in [1.165, 1.54) is 38.4 Å². The van der Waals surface area contributed by atoms with E-state index in [1.807, 2.05) is 12.1 Å². The molecule has 0 bridgehead atoms. The summed E-state index contributed by atoms with van der Waals surface area (Å²) in [4.78, 5) is 2.27. The number of furan rings is 1. The molecule has 1 aliphatic carbocycles. The molecule has 0 unspecified atom stereocenters. The number of hydrogen-bond donors (Lipinski definition) is 0. The van der Waals surface area contributed by atoms with E-state index in [0.717, 1.165) is 33.6 Å². The van der Waals surface area contributed by atoms with Crippen LogP contribution in [0.15, 0.2) is 132 Å². The summed E-state index contributed by atoms with van der Waals surface area (Å²) in [6, 6.07) is 45.1. The largest absolute Gasteiger partial charge is 0.455 e. The average Bonchev–Trinajstić information content (AvgIpc) is 3.47. The Morgan fingerprint density at radius 1 is 0.417 bits per heavy atom. The molecule has 0 aliphatic heterocycles. The van der Waals surface area contributed by atoms with Crippen LogP contribution in [0.1, 0.15) is 0 Å². The fourth-order valence-electron chi connectivity index (χ4n) is 5.83. The molecule has 0 saturated carbocycles. The van der Waals surface area contributed by atoms with Crippen molar-refractivity contribution < 1.29 is 4.42 Å². The van der Waals surface area contributed by atoms with E-state index in [1.54, 1.807) is 0 Å². The first-order chi connectivity index (χ1) is 17.9. The van der Waals surface area contributed by atoms with Gasteiger partial charge in [-0.3, -0.25) is 0 Å². The molecule has 7 aromatic rings. The Hall–Kier alpha value is -4.82. The molecule has 6 aromatic carbocycles. The van der Waals surface area contributed by atoms with Crippen molar-refractivity contribution in [3.63, 3.8) is 0 Å². The summed E-state index contributed by atoms with van der Waals surface area (Å²) in [6.45, 7) is 0. The molecule has 0 spiro atoms. The number of para-hydroxylation sites is 2. The fraction of sp³-hybridized carbons (Fsp3) is 0. The van der Waals surface area contributed by atoms with Crippen molar-refractivity contribution in [2.45, 2.75) is 0 Å². The second kappa shape index (κ2) is 7.34. The van der Waals surface area contributed by atoms with Crippen LogP contribution in [0.2, 0.25) is 0 Å². The summed E-state index contributed by atoms with van der Waals surface area (Å²) >= 11 is 0. The van der Waals surface area contributed by atoms with E-state index in [0.29, 0.717) is 0 Å². The van der Waals surface area contributed by atoms with Crippen LogP contribution in [0.25, 0.3) is 55.0 Å². The quantitative estimate of drug-likeness (QED) is 0.261. The summed E-state index contributed by atoms with van der Waals surface area (Å²) in [5.74, 6) is 0. The molecule has 8 rings (SSSR count). The van der Waals surface area contributed by atoms with Crippen LogP contribution in [0, 0.1) is 0 Å². The first kappa shape index (κ1) is 19.5. The van der Waals surface area contributed by atoms with Crippen LogP contribution in [-0.4, -0.2) is 0 Å². The molecule has 1 aliphatic rings. The first-order valence-electron chi connectivity index (χ1n) is 12.3. The van der Waals surface area contributed by atoms with Gasteiger partial charge >= 0.3 is 0 Å². The van der Waals surface area contributed by atoms with Crippen molar-refractivity contribution in [3.05, 3.63) is 127 Å². The van der Waals surface area contributed by atoms with Crippen LogP contribution in [0.4, 0.5) is 17.1 Å². The van der Waals surface area contributed by atoms with E-state index >= 15 is 0 Å². The van der Waals surface area contributed by atoms with Crippen LogP contribution in [0.3, 0.4) is 0 Å². The van der Waals surface area contributed by atoms with E-state index < -0.39 is 0 Å². The third-order valence-electron chi connectivity index (χ3n) is 7.37. The summed E-state index contributed by atoms with van der Waals surface area (Å²) in [6.07, 6.45) is 0. The molecule has 168 valence electrons. The summed E-state index contributed by atoms with van der Waals surface area (Å²) < 4.78 is 6.64. The van der Waals surface area contributed by atoms with E-state index in [2.05, 4.69) is 120 Å². The van der Waals surface area contributed by atoms with E-state index in [-0.39, 0.29) is 0 Å². The maximum absolute atomic E-state index is 6.64. The van der Waals surface area contributed by atoms with Gasteiger partial charge in [-0.15, -0.1) is 0 Å². The predicted molar refractivity (Wildman–Crippen MR) is 150 cm³/mol. The minimum absolute atomic E-state index is 0.900. The Morgan fingerprint density at radius 3 is 1.78 bits per heavy atom. The lowest BCUT2D eigenvalue weighted by Crippen LogP contribution is -2.09. The van der Waals surface area contributed by atoms with Crippen molar-refractivity contribution in [2.24, 2.45) is 0 Å². The van der Waals surface area contributed by atoms with Gasteiger partial charge in [0, 0.05) is 44.7 Å². The number of rotatable bonds is 3. The second-order valence-corrected chi connectivity index (χ2v) is 9.36. The third kappa shape index (κ3) is 2.67.